The van der Waals surface area contributed by atoms with E-state index in [2.05, 4.69) is 25.8 Å². The van der Waals surface area contributed by atoms with E-state index >= 15 is 0 Å². The van der Waals surface area contributed by atoms with Crippen molar-refractivity contribution in [3.05, 3.63) is 57.1 Å². The number of methoxy groups -OCH3 is 2. The molecule has 31 heavy (non-hydrogen) atoms. The van der Waals surface area contributed by atoms with Gasteiger partial charge in [0.15, 0.2) is 11.5 Å². The van der Waals surface area contributed by atoms with Crippen molar-refractivity contribution in [2.24, 2.45) is 0 Å². The Morgan fingerprint density at radius 2 is 1.77 bits per heavy atom. The molecule has 0 aliphatic rings. The summed E-state index contributed by atoms with van der Waals surface area (Å²) in [6, 6.07) is 9.66. The molecule has 2 rings (SSSR count). The summed E-state index contributed by atoms with van der Waals surface area (Å²) in [5.74, 6) is 1.47. The lowest BCUT2D eigenvalue weighted by Gasteiger charge is -2.23. The van der Waals surface area contributed by atoms with Gasteiger partial charge in [0.1, 0.15) is 6.29 Å². The van der Waals surface area contributed by atoms with Crippen molar-refractivity contribution in [1.29, 1.82) is 0 Å². The molecule has 4 nitrogen and oxygen atoms in total. The SMILES string of the molecule is COc1ccc(C(C=O)CCCN(C)CCc2ccc(Cl)c(Cl)c2)c(C(C)C)c1OC. The summed E-state index contributed by atoms with van der Waals surface area (Å²) >= 11 is 12.1. The molecular formula is C25H33Cl2NO3. The minimum atomic E-state index is -0.166. The minimum Gasteiger partial charge on any atom is -0.493 e. The van der Waals surface area contributed by atoms with Crippen LogP contribution in [0.1, 0.15) is 55.2 Å². The van der Waals surface area contributed by atoms with E-state index in [0.717, 1.165) is 55.5 Å². The van der Waals surface area contributed by atoms with Crippen molar-refractivity contribution >= 4 is 29.5 Å². The Balaban J connectivity index is 1.99. The van der Waals surface area contributed by atoms with Crippen molar-refractivity contribution < 1.29 is 14.3 Å². The summed E-state index contributed by atoms with van der Waals surface area (Å²) in [4.78, 5) is 14.3. The van der Waals surface area contributed by atoms with E-state index in [1.54, 1.807) is 14.2 Å². The van der Waals surface area contributed by atoms with Crippen LogP contribution in [-0.4, -0.2) is 45.5 Å². The van der Waals surface area contributed by atoms with Gasteiger partial charge in [-0.15, -0.1) is 0 Å². The molecule has 0 aromatic heterocycles. The fraction of sp³-hybridized carbons (Fsp3) is 0.480. The van der Waals surface area contributed by atoms with Crippen LogP contribution in [0, 0.1) is 0 Å². The summed E-state index contributed by atoms with van der Waals surface area (Å²) in [5, 5.41) is 1.17. The van der Waals surface area contributed by atoms with Crippen molar-refractivity contribution in [3.63, 3.8) is 0 Å². The summed E-state index contributed by atoms with van der Waals surface area (Å²) in [6.45, 7) is 6.05. The van der Waals surface area contributed by atoms with Gasteiger partial charge in [0, 0.05) is 18.0 Å². The molecule has 0 spiro atoms. The van der Waals surface area contributed by atoms with Crippen LogP contribution in [-0.2, 0) is 11.2 Å². The van der Waals surface area contributed by atoms with E-state index in [9.17, 15) is 4.79 Å². The predicted octanol–water partition coefficient (Wildman–Crippen LogP) is 6.37. The van der Waals surface area contributed by atoms with Gasteiger partial charge in [0.05, 0.1) is 24.3 Å². The molecule has 0 heterocycles. The van der Waals surface area contributed by atoms with Gasteiger partial charge in [0.2, 0.25) is 0 Å². The Bertz CT molecular complexity index is 870. The van der Waals surface area contributed by atoms with Crippen LogP contribution >= 0.6 is 23.2 Å². The smallest absolute Gasteiger partial charge is 0.164 e. The molecule has 0 aliphatic carbocycles. The van der Waals surface area contributed by atoms with Crippen LogP contribution < -0.4 is 9.47 Å². The fourth-order valence-electron chi connectivity index (χ4n) is 3.89. The number of hydrogen-bond donors (Lipinski definition) is 0. The number of halogens is 2. The molecule has 0 N–H and O–H groups in total. The predicted molar refractivity (Wildman–Crippen MR) is 129 cm³/mol. The Hall–Kier alpha value is -1.75. The zero-order valence-electron chi connectivity index (χ0n) is 19.1. The van der Waals surface area contributed by atoms with Gasteiger partial charge >= 0.3 is 0 Å². The Morgan fingerprint density at radius 1 is 1.03 bits per heavy atom. The summed E-state index contributed by atoms with van der Waals surface area (Å²) in [7, 11) is 5.38. The second kappa shape index (κ2) is 12.3. The average Bonchev–Trinajstić information content (AvgIpc) is 2.76. The highest BCUT2D eigenvalue weighted by molar-refractivity contribution is 6.42. The van der Waals surface area contributed by atoms with Gasteiger partial charge in [-0.3, -0.25) is 0 Å². The van der Waals surface area contributed by atoms with E-state index in [-0.39, 0.29) is 11.8 Å². The second-order valence-corrected chi connectivity index (χ2v) is 8.96. The number of ether oxygens (including phenoxy) is 2. The maximum absolute atomic E-state index is 12.0. The van der Waals surface area contributed by atoms with Crippen molar-refractivity contribution in [3.8, 4) is 11.5 Å². The molecule has 1 unspecified atom stereocenters. The first kappa shape index (κ1) is 25.5. The molecule has 0 radical (unpaired) electrons. The average molecular weight is 466 g/mol. The lowest BCUT2D eigenvalue weighted by Crippen LogP contribution is -2.23. The molecular weight excluding hydrogens is 433 g/mol. The Kier molecular flexibility index (Phi) is 10.1. The van der Waals surface area contributed by atoms with E-state index in [1.165, 1.54) is 5.56 Å². The van der Waals surface area contributed by atoms with Crippen LogP contribution in [0.5, 0.6) is 11.5 Å². The van der Waals surface area contributed by atoms with E-state index in [0.29, 0.717) is 15.8 Å². The van der Waals surface area contributed by atoms with Crippen molar-refractivity contribution in [1.82, 2.24) is 4.90 Å². The van der Waals surface area contributed by atoms with Crippen LogP contribution in [0.25, 0.3) is 0 Å². The zero-order valence-corrected chi connectivity index (χ0v) is 20.6. The largest absolute Gasteiger partial charge is 0.493 e. The van der Waals surface area contributed by atoms with Gasteiger partial charge in [-0.25, -0.2) is 0 Å². The number of aldehydes is 1. The topological polar surface area (TPSA) is 38.8 Å². The van der Waals surface area contributed by atoms with Crippen molar-refractivity contribution in [2.75, 3.05) is 34.4 Å². The van der Waals surface area contributed by atoms with Crippen LogP contribution in [0.3, 0.4) is 0 Å². The molecule has 0 bridgehead atoms. The third-order valence-electron chi connectivity index (χ3n) is 5.58. The van der Waals surface area contributed by atoms with Crippen LogP contribution in [0.15, 0.2) is 30.3 Å². The van der Waals surface area contributed by atoms with Crippen molar-refractivity contribution in [2.45, 2.75) is 44.9 Å². The zero-order chi connectivity index (χ0) is 23.0. The fourth-order valence-corrected chi connectivity index (χ4v) is 4.21. The molecule has 0 amide bonds. The normalized spacial score (nSPS) is 12.3. The first-order valence-corrected chi connectivity index (χ1v) is 11.4. The molecule has 6 heteroatoms. The molecule has 0 fully saturated rings. The van der Waals surface area contributed by atoms with Gasteiger partial charge < -0.3 is 19.2 Å². The summed E-state index contributed by atoms with van der Waals surface area (Å²) in [5.41, 5.74) is 3.24. The molecule has 2 aromatic carbocycles. The van der Waals surface area contributed by atoms with E-state index in [4.69, 9.17) is 32.7 Å². The second-order valence-electron chi connectivity index (χ2n) is 8.15. The minimum absolute atomic E-state index is 0.166. The molecule has 2 aromatic rings. The number of carbonyl (C=O) groups excluding carboxylic acids is 1. The highest BCUT2D eigenvalue weighted by Crippen LogP contribution is 2.41. The summed E-state index contributed by atoms with van der Waals surface area (Å²) < 4.78 is 11.1. The Morgan fingerprint density at radius 3 is 2.35 bits per heavy atom. The molecule has 0 saturated heterocycles. The summed E-state index contributed by atoms with van der Waals surface area (Å²) in [6.07, 6.45) is 3.67. The lowest BCUT2D eigenvalue weighted by molar-refractivity contribution is -0.109. The third-order valence-corrected chi connectivity index (χ3v) is 6.32. The first-order chi connectivity index (χ1) is 14.8. The van der Waals surface area contributed by atoms with Gasteiger partial charge in [-0.2, -0.15) is 0 Å². The van der Waals surface area contributed by atoms with E-state index < -0.39 is 0 Å². The number of benzene rings is 2. The van der Waals surface area contributed by atoms with Crippen LogP contribution in [0.2, 0.25) is 10.0 Å². The molecule has 170 valence electrons. The van der Waals surface area contributed by atoms with Gasteiger partial charge in [-0.05, 0) is 68.1 Å². The molecule has 1 atom stereocenters. The standard InChI is InChI=1S/C25H33Cl2NO3/c1-17(2)24-20(9-11-23(30-4)25(24)31-5)19(16-29)7-6-13-28(3)14-12-18-8-10-21(26)22(27)15-18/h8-11,15-17,19H,6-7,12-14H2,1-5H3. The molecule has 0 saturated carbocycles. The maximum Gasteiger partial charge on any atom is 0.164 e. The number of carbonyl (C=O) groups is 1. The number of nitrogens with zero attached hydrogens (tertiary/aromatic N) is 1. The third kappa shape index (κ3) is 6.86. The highest BCUT2D eigenvalue weighted by atomic mass is 35.5. The van der Waals surface area contributed by atoms with E-state index in [1.807, 2.05) is 30.3 Å². The number of hydrogen-bond acceptors (Lipinski definition) is 4. The lowest BCUT2D eigenvalue weighted by atomic mass is 9.86. The van der Waals surface area contributed by atoms with Crippen LogP contribution in [0.4, 0.5) is 0 Å². The monoisotopic (exact) mass is 465 g/mol. The van der Waals surface area contributed by atoms with Gasteiger partial charge in [0.25, 0.3) is 0 Å². The highest BCUT2D eigenvalue weighted by Gasteiger charge is 2.23. The Labute approximate surface area is 196 Å². The van der Waals surface area contributed by atoms with Gasteiger partial charge in [-0.1, -0.05) is 49.2 Å². The number of likely N-dealkylation sites (N-methyl/N-ethyl adjacent to an activating group) is 1. The molecule has 0 aliphatic heterocycles. The number of rotatable bonds is 12. The maximum atomic E-state index is 12.0. The first-order valence-electron chi connectivity index (χ1n) is 10.6. The quantitative estimate of drug-likeness (QED) is 0.341.